The number of carboxylic acids is 1. The van der Waals surface area contributed by atoms with Crippen LogP contribution in [0.3, 0.4) is 0 Å². The molecule has 0 amide bonds. The molecule has 0 aliphatic rings. The largest absolute Gasteiger partial charge is 0.480 e. The van der Waals surface area contributed by atoms with Crippen molar-refractivity contribution in [1.82, 2.24) is 0 Å². The molecule has 0 heterocycles. The van der Waals surface area contributed by atoms with E-state index in [0.29, 0.717) is 6.07 Å². The number of nitrogens with zero attached hydrogens (tertiary/aromatic N) is 2. The van der Waals surface area contributed by atoms with E-state index in [1.165, 1.54) is 0 Å². The highest BCUT2D eigenvalue weighted by molar-refractivity contribution is 7.85. The van der Waals surface area contributed by atoms with Gasteiger partial charge in [0.15, 0.2) is 0 Å². The lowest BCUT2D eigenvalue weighted by Gasteiger charge is -2.14. The third kappa shape index (κ3) is 4.64. The van der Waals surface area contributed by atoms with E-state index in [1.54, 1.807) is 0 Å². The molecule has 0 radical (unpaired) electrons. The van der Waals surface area contributed by atoms with Crippen molar-refractivity contribution in [2.45, 2.75) is 6.04 Å². The summed E-state index contributed by atoms with van der Waals surface area (Å²) in [7, 11) is -4.66. The molecular formula is C9H9N3O9S. The average molecular weight is 335 g/mol. The Morgan fingerprint density at radius 1 is 1.27 bits per heavy atom. The van der Waals surface area contributed by atoms with Crippen LogP contribution in [-0.4, -0.2) is 45.7 Å². The Kier molecular flexibility index (Phi) is 4.95. The molecule has 0 saturated carbocycles. The SMILES string of the molecule is O=C(O)C(CS(=O)(=O)O)Nc1ccc([N+](=O)[O-])cc1[N+](=O)[O-]. The molecule has 0 saturated heterocycles. The van der Waals surface area contributed by atoms with Gasteiger partial charge < -0.3 is 10.4 Å². The van der Waals surface area contributed by atoms with Crippen LogP contribution < -0.4 is 5.32 Å². The lowest BCUT2D eigenvalue weighted by atomic mass is 10.2. The van der Waals surface area contributed by atoms with Crippen LogP contribution in [0, 0.1) is 20.2 Å². The van der Waals surface area contributed by atoms with Crippen molar-refractivity contribution in [2.75, 3.05) is 11.1 Å². The van der Waals surface area contributed by atoms with Gasteiger partial charge in [0.2, 0.25) is 0 Å². The standard InChI is InChI=1S/C9H9N3O9S/c13-9(14)7(4-22(19,20)21)10-6-2-1-5(11(15)16)3-8(6)12(17)18/h1-3,7,10H,4H2,(H,13,14)(H,19,20,21). The number of carboxylic acid groups (broad SMARTS) is 1. The van der Waals surface area contributed by atoms with E-state index in [4.69, 9.17) is 9.66 Å². The first-order chi connectivity index (χ1) is 10.0. The van der Waals surface area contributed by atoms with Crippen LogP contribution in [0.5, 0.6) is 0 Å². The van der Waals surface area contributed by atoms with Gasteiger partial charge in [-0.05, 0) is 6.07 Å². The van der Waals surface area contributed by atoms with Crippen molar-refractivity contribution < 1.29 is 32.7 Å². The molecule has 1 aromatic carbocycles. The summed E-state index contributed by atoms with van der Waals surface area (Å²) in [6.07, 6.45) is 0. The van der Waals surface area contributed by atoms with Crippen molar-refractivity contribution in [3.63, 3.8) is 0 Å². The molecule has 0 aliphatic carbocycles. The van der Waals surface area contributed by atoms with Gasteiger partial charge in [-0.3, -0.25) is 24.8 Å². The third-order valence-corrected chi connectivity index (χ3v) is 3.15. The van der Waals surface area contributed by atoms with E-state index in [0.717, 1.165) is 12.1 Å². The van der Waals surface area contributed by atoms with Gasteiger partial charge in [0.05, 0.1) is 15.9 Å². The van der Waals surface area contributed by atoms with E-state index in [1.807, 2.05) is 5.32 Å². The highest BCUT2D eigenvalue weighted by atomic mass is 32.2. The molecule has 22 heavy (non-hydrogen) atoms. The summed E-state index contributed by atoms with van der Waals surface area (Å²) in [6.45, 7) is 0. The highest BCUT2D eigenvalue weighted by Gasteiger charge is 2.27. The second kappa shape index (κ2) is 6.31. The average Bonchev–Trinajstić information content (AvgIpc) is 2.36. The topological polar surface area (TPSA) is 190 Å². The molecule has 0 bridgehead atoms. The fourth-order valence-electron chi connectivity index (χ4n) is 1.48. The fraction of sp³-hybridized carbons (Fsp3) is 0.222. The minimum Gasteiger partial charge on any atom is -0.480 e. The Labute approximate surface area is 122 Å². The third-order valence-electron chi connectivity index (χ3n) is 2.39. The zero-order chi connectivity index (χ0) is 17.1. The van der Waals surface area contributed by atoms with Crippen LogP contribution in [-0.2, 0) is 14.9 Å². The van der Waals surface area contributed by atoms with Crippen molar-refractivity contribution in [2.24, 2.45) is 0 Å². The summed E-state index contributed by atoms with van der Waals surface area (Å²) in [6, 6.07) is 0.460. The number of hydrogen-bond donors (Lipinski definition) is 3. The van der Waals surface area contributed by atoms with Crippen molar-refractivity contribution in [1.29, 1.82) is 0 Å². The maximum absolute atomic E-state index is 10.9. The monoisotopic (exact) mass is 335 g/mol. The van der Waals surface area contributed by atoms with Crippen LogP contribution in [0.4, 0.5) is 17.1 Å². The first-order valence-electron chi connectivity index (χ1n) is 5.38. The summed E-state index contributed by atoms with van der Waals surface area (Å²) < 4.78 is 30.1. The number of hydrogen-bond acceptors (Lipinski definition) is 8. The molecule has 120 valence electrons. The fourth-order valence-corrected chi connectivity index (χ4v) is 2.13. The highest BCUT2D eigenvalue weighted by Crippen LogP contribution is 2.29. The van der Waals surface area contributed by atoms with Crippen LogP contribution >= 0.6 is 0 Å². The van der Waals surface area contributed by atoms with Gasteiger partial charge in [-0.15, -0.1) is 0 Å². The van der Waals surface area contributed by atoms with Crippen LogP contribution in [0.1, 0.15) is 0 Å². The minimum absolute atomic E-state index is 0.438. The maximum atomic E-state index is 10.9. The maximum Gasteiger partial charge on any atom is 0.327 e. The summed E-state index contributed by atoms with van der Waals surface area (Å²) in [5.74, 6) is -2.93. The molecule has 1 atom stereocenters. The van der Waals surface area contributed by atoms with Gasteiger partial charge in [-0.25, -0.2) is 4.79 Å². The van der Waals surface area contributed by atoms with Crippen LogP contribution in [0.15, 0.2) is 18.2 Å². The Balaban J connectivity index is 3.22. The van der Waals surface area contributed by atoms with E-state index < -0.39 is 54.8 Å². The lowest BCUT2D eigenvalue weighted by molar-refractivity contribution is -0.393. The van der Waals surface area contributed by atoms with Gasteiger partial charge in [-0.1, -0.05) is 0 Å². The van der Waals surface area contributed by atoms with Crippen LogP contribution in [0.25, 0.3) is 0 Å². The first kappa shape index (κ1) is 17.3. The number of carbonyl (C=O) groups is 1. The smallest absolute Gasteiger partial charge is 0.327 e. The molecule has 1 unspecified atom stereocenters. The molecule has 12 nitrogen and oxygen atoms in total. The number of aliphatic carboxylic acids is 1. The van der Waals surface area contributed by atoms with Gasteiger partial charge in [0.1, 0.15) is 17.5 Å². The van der Waals surface area contributed by atoms with E-state index >= 15 is 0 Å². The Morgan fingerprint density at radius 2 is 1.86 bits per heavy atom. The van der Waals surface area contributed by atoms with Crippen molar-refractivity contribution in [3.05, 3.63) is 38.4 Å². The molecule has 0 aliphatic heterocycles. The molecular weight excluding hydrogens is 326 g/mol. The second-order valence-electron chi connectivity index (χ2n) is 4.00. The molecule has 13 heteroatoms. The predicted octanol–water partition coefficient (Wildman–Crippen LogP) is 0.256. The minimum atomic E-state index is -4.66. The van der Waals surface area contributed by atoms with Gasteiger partial charge in [0.25, 0.3) is 21.5 Å². The first-order valence-corrected chi connectivity index (χ1v) is 6.99. The number of nitrogens with one attached hydrogen (secondary N) is 1. The van der Waals surface area contributed by atoms with E-state index in [9.17, 15) is 33.4 Å². The molecule has 1 rings (SSSR count). The zero-order valence-electron chi connectivity index (χ0n) is 10.6. The van der Waals surface area contributed by atoms with E-state index in [-0.39, 0.29) is 0 Å². The molecule has 0 fully saturated rings. The summed E-state index contributed by atoms with van der Waals surface area (Å²) in [5, 5.41) is 32.3. The van der Waals surface area contributed by atoms with Crippen molar-refractivity contribution in [3.8, 4) is 0 Å². The lowest BCUT2D eigenvalue weighted by Crippen LogP contribution is -2.36. The van der Waals surface area contributed by atoms with Gasteiger partial charge in [-0.2, -0.15) is 8.42 Å². The Morgan fingerprint density at radius 3 is 2.27 bits per heavy atom. The summed E-state index contributed by atoms with van der Waals surface area (Å²) >= 11 is 0. The predicted molar refractivity (Wildman–Crippen MR) is 71.2 cm³/mol. The number of rotatable bonds is 7. The quantitative estimate of drug-likeness (QED) is 0.353. The Hall–Kier alpha value is -2.80. The molecule has 3 N–H and O–H groups in total. The number of non-ortho nitro benzene ring substituents is 1. The second-order valence-corrected chi connectivity index (χ2v) is 5.50. The number of anilines is 1. The molecule has 0 spiro atoms. The molecule has 0 aromatic heterocycles. The Bertz CT molecular complexity index is 730. The van der Waals surface area contributed by atoms with E-state index in [2.05, 4.69) is 0 Å². The molecule has 1 aromatic rings. The summed E-state index contributed by atoms with van der Waals surface area (Å²) in [5.41, 5.74) is -1.85. The summed E-state index contributed by atoms with van der Waals surface area (Å²) in [4.78, 5) is 30.5. The number of nitro groups is 2. The van der Waals surface area contributed by atoms with Crippen molar-refractivity contribution >= 4 is 33.1 Å². The number of benzene rings is 1. The van der Waals surface area contributed by atoms with Gasteiger partial charge in [0, 0.05) is 6.07 Å². The van der Waals surface area contributed by atoms with Gasteiger partial charge >= 0.3 is 5.97 Å². The van der Waals surface area contributed by atoms with Crippen LogP contribution in [0.2, 0.25) is 0 Å². The zero-order valence-corrected chi connectivity index (χ0v) is 11.4. The normalized spacial score (nSPS) is 12.4. The number of nitro benzene ring substituents is 2.